The van der Waals surface area contributed by atoms with E-state index < -0.39 is 69.7 Å². The van der Waals surface area contributed by atoms with Crippen LogP contribution in [0, 0.1) is 0 Å². The van der Waals surface area contributed by atoms with Crippen LogP contribution in [-0.2, 0) is 23.1 Å². The van der Waals surface area contributed by atoms with E-state index in [1.54, 1.807) is 0 Å². The molecule has 0 aromatic rings. The smallest absolute Gasteiger partial charge is 0.463 e. The van der Waals surface area contributed by atoms with Gasteiger partial charge < -0.3 is 40.3 Å². The third-order valence-electron chi connectivity index (χ3n) is 6.34. The van der Waals surface area contributed by atoms with Crippen LogP contribution in [0.25, 0.3) is 0 Å². The molecule has 6 unspecified atom stereocenters. The molecule has 0 saturated heterocycles. The molecule has 38 heavy (non-hydrogen) atoms. The zero-order chi connectivity index (χ0) is 28.6. The summed E-state index contributed by atoms with van der Waals surface area (Å²) in [6, 6.07) is 0. The third kappa shape index (κ3) is 13.9. The number of unbranched alkanes of at least 4 members (excludes halogenated alkanes) is 9. The van der Waals surface area contributed by atoms with Crippen LogP contribution in [-0.4, -0.2) is 97.4 Å². The summed E-state index contributed by atoms with van der Waals surface area (Å²) in [7, 11) is -4.98. The fourth-order valence-electron chi connectivity index (χ4n) is 3.98. The Kier molecular flexibility index (Phi) is 17.7. The molecule has 1 rings (SSSR count). The molecule has 1 aliphatic carbocycles. The van der Waals surface area contributed by atoms with Crippen LogP contribution >= 0.6 is 7.82 Å². The lowest BCUT2D eigenvalue weighted by atomic mass is 9.85. The predicted molar refractivity (Wildman–Crippen MR) is 138 cm³/mol. The molecule has 1 saturated carbocycles. The number of aliphatic hydroxyl groups is 6. The van der Waals surface area contributed by atoms with E-state index in [-0.39, 0.29) is 6.42 Å². The molecule has 0 spiro atoms. The SMILES string of the molecule is CCCCCC/C=C\CCCCCCCC(=O)OCC(O)COP(=O)(O)OC1C(O)C(O)C(O)C(O)C1O. The van der Waals surface area contributed by atoms with E-state index >= 15 is 0 Å². The van der Waals surface area contributed by atoms with Crippen molar-refractivity contribution in [1.82, 2.24) is 0 Å². The Hall–Kier alpha value is -0.920. The van der Waals surface area contributed by atoms with Crippen molar-refractivity contribution in [1.29, 1.82) is 0 Å². The van der Waals surface area contributed by atoms with Gasteiger partial charge in [0.15, 0.2) is 0 Å². The van der Waals surface area contributed by atoms with Gasteiger partial charge >= 0.3 is 13.8 Å². The molecule has 0 amide bonds. The maximum absolute atomic E-state index is 12.1. The molecule has 0 radical (unpaired) electrons. The monoisotopic (exact) mass is 570 g/mol. The van der Waals surface area contributed by atoms with Crippen LogP contribution in [0.5, 0.6) is 0 Å². The largest absolute Gasteiger partial charge is 0.472 e. The lowest BCUT2D eigenvalue weighted by Gasteiger charge is -2.41. The summed E-state index contributed by atoms with van der Waals surface area (Å²) in [5.41, 5.74) is 0. The van der Waals surface area contributed by atoms with Gasteiger partial charge in [-0.1, -0.05) is 57.6 Å². The number of phosphoric acid groups is 1. The molecular weight excluding hydrogens is 523 g/mol. The number of ether oxygens (including phenoxy) is 1. The summed E-state index contributed by atoms with van der Waals surface area (Å²) in [5.74, 6) is -0.520. The lowest BCUT2D eigenvalue weighted by molar-refractivity contribution is -0.220. The third-order valence-corrected chi connectivity index (χ3v) is 7.32. The summed E-state index contributed by atoms with van der Waals surface area (Å²) >= 11 is 0. The van der Waals surface area contributed by atoms with Crippen molar-refractivity contribution in [3.63, 3.8) is 0 Å². The molecule has 0 aromatic carbocycles. The predicted octanol–water partition coefficient (Wildman–Crippen LogP) is 1.47. The molecule has 0 bridgehead atoms. The highest BCUT2D eigenvalue weighted by atomic mass is 31.2. The summed E-state index contributed by atoms with van der Waals surface area (Å²) in [5, 5.41) is 58.5. The van der Waals surface area contributed by atoms with Crippen LogP contribution in [0.2, 0.25) is 0 Å². The van der Waals surface area contributed by atoms with E-state index in [9.17, 15) is 44.9 Å². The van der Waals surface area contributed by atoms with E-state index in [2.05, 4.69) is 28.1 Å². The van der Waals surface area contributed by atoms with Gasteiger partial charge in [-0.15, -0.1) is 0 Å². The highest BCUT2D eigenvalue weighted by Gasteiger charge is 2.51. The Balaban J connectivity index is 2.14. The van der Waals surface area contributed by atoms with Crippen molar-refractivity contribution in [2.45, 2.75) is 127 Å². The number of hydrogen-bond acceptors (Lipinski definition) is 11. The second-order valence-electron chi connectivity index (χ2n) is 9.75. The van der Waals surface area contributed by atoms with E-state index in [1.165, 1.54) is 25.7 Å². The number of aliphatic hydroxyl groups excluding tert-OH is 6. The molecule has 12 nitrogen and oxygen atoms in total. The number of carbonyl (C=O) groups is 1. The highest BCUT2D eigenvalue weighted by Crippen LogP contribution is 2.47. The maximum atomic E-state index is 12.1. The molecule has 224 valence electrons. The number of carbonyl (C=O) groups excluding carboxylic acids is 1. The number of hydrogen-bond donors (Lipinski definition) is 7. The Bertz CT molecular complexity index is 704. The standard InChI is InChI=1S/C25H47O12P/c1-2-3-4-5-6-7-8-9-10-11-12-13-14-15-19(27)35-16-18(26)17-36-38(33,34)37-25-23(31)21(29)20(28)22(30)24(25)32/h7-8,18,20-26,28-32H,2-6,9-17H2,1H3,(H,33,34)/b8-7-. The highest BCUT2D eigenvalue weighted by molar-refractivity contribution is 7.47. The number of rotatable bonds is 20. The van der Waals surface area contributed by atoms with Gasteiger partial charge in [0, 0.05) is 6.42 Å². The van der Waals surface area contributed by atoms with Crippen LogP contribution < -0.4 is 0 Å². The topological polar surface area (TPSA) is 203 Å². The van der Waals surface area contributed by atoms with Gasteiger partial charge in [-0.2, -0.15) is 0 Å². The number of esters is 1. The van der Waals surface area contributed by atoms with Crippen LogP contribution in [0.1, 0.15) is 84.0 Å². The van der Waals surface area contributed by atoms with Gasteiger partial charge in [0.1, 0.15) is 49.3 Å². The number of allylic oxidation sites excluding steroid dienone is 2. The van der Waals surface area contributed by atoms with Crippen molar-refractivity contribution in [2.24, 2.45) is 0 Å². The van der Waals surface area contributed by atoms with Gasteiger partial charge in [0.05, 0.1) is 6.61 Å². The van der Waals surface area contributed by atoms with E-state index in [0.29, 0.717) is 6.42 Å². The van der Waals surface area contributed by atoms with Gasteiger partial charge in [-0.3, -0.25) is 13.8 Å². The molecule has 1 fully saturated rings. The molecular formula is C25H47O12P. The Morgan fingerprint density at radius 2 is 1.29 bits per heavy atom. The van der Waals surface area contributed by atoms with Gasteiger partial charge in [0.2, 0.25) is 0 Å². The van der Waals surface area contributed by atoms with Crippen molar-refractivity contribution in [3.05, 3.63) is 12.2 Å². The first-order valence-corrected chi connectivity index (χ1v) is 15.0. The summed E-state index contributed by atoms with van der Waals surface area (Å²) in [6.07, 6.45) is 3.51. The van der Waals surface area contributed by atoms with Crippen LogP contribution in [0.15, 0.2) is 12.2 Å². The first-order valence-electron chi connectivity index (χ1n) is 13.5. The van der Waals surface area contributed by atoms with Gasteiger partial charge in [0.25, 0.3) is 0 Å². The van der Waals surface area contributed by atoms with Crippen LogP contribution in [0.3, 0.4) is 0 Å². The Morgan fingerprint density at radius 1 is 0.789 bits per heavy atom. The first kappa shape index (κ1) is 35.1. The fourth-order valence-corrected chi connectivity index (χ4v) is 4.96. The minimum atomic E-state index is -4.98. The quantitative estimate of drug-likeness (QED) is 0.0481. The van der Waals surface area contributed by atoms with Gasteiger partial charge in [-0.25, -0.2) is 4.57 Å². The van der Waals surface area contributed by atoms with Gasteiger partial charge in [-0.05, 0) is 32.1 Å². The number of phosphoric ester groups is 1. The molecule has 0 aliphatic heterocycles. The van der Waals surface area contributed by atoms with Crippen molar-refractivity contribution in [3.8, 4) is 0 Å². The van der Waals surface area contributed by atoms with Crippen LogP contribution in [0.4, 0.5) is 0 Å². The fraction of sp³-hybridized carbons (Fsp3) is 0.880. The summed E-state index contributed by atoms with van der Waals surface area (Å²) in [4.78, 5) is 21.6. The second-order valence-corrected chi connectivity index (χ2v) is 11.2. The maximum Gasteiger partial charge on any atom is 0.472 e. The van der Waals surface area contributed by atoms with Crippen molar-refractivity contribution < 1.29 is 58.7 Å². The molecule has 13 heteroatoms. The summed E-state index contributed by atoms with van der Waals surface area (Å²) in [6.45, 7) is 0.942. The van der Waals surface area contributed by atoms with Crippen molar-refractivity contribution >= 4 is 13.8 Å². The second kappa shape index (κ2) is 19.2. The first-order chi connectivity index (χ1) is 18.0. The average Bonchev–Trinajstić information content (AvgIpc) is 2.89. The van der Waals surface area contributed by atoms with Crippen molar-refractivity contribution in [2.75, 3.05) is 13.2 Å². The zero-order valence-electron chi connectivity index (χ0n) is 22.2. The zero-order valence-corrected chi connectivity index (χ0v) is 23.1. The normalized spacial score (nSPS) is 28.3. The lowest BCUT2D eigenvalue weighted by Crippen LogP contribution is -2.64. The summed E-state index contributed by atoms with van der Waals surface area (Å²) < 4.78 is 26.3. The average molecular weight is 571 g/mol. The molecule has 6 atom stereocenters. The molecule has 0 aromatic heterocycles. The van der Waals surface area contributed by atoms with E-state index in [4.69, 9.17) is 4.74 Å². The minimum absolute atomic E-state index is 0.181. The molecule has 7 N–H and O–H groups in total. The Morgan fingerprint density at radius 3 is 1.87 bits per heavy atom. The Labute approximate surface area is 224 Å². The molecule has 0 heterocycles. The van der Waals surface area contributed by atoms with E-state index in [0.717, 1.165) is 38.5 Å². The molecule has 1 aliphatic rings. The van der Waals surface area contributed by atoms with E-state index in [1.807, 2.05) is 0 Å². The minimum Gasteiger partial charge on any atom is -0.463 e.